The third-order valence-corrected chi connectivity index (χ3v) is 4.53. The van der Waals surface area contributed by atoms with Crippen LogP contribution in [0.4, 0.5) is 0 Å². The summed E-state index contributed by atoms with van der Waals surface area (Å²) in [6, 6.07) is 8.40. The molecule has 0 aliphatic carbocycles. The molecule has 0 aliphatic heterocycles. The molecule has 102 valence electrons. The van der Waals surface area contributed by atoms with Crippen LogP contribution in [-0.2, 0) is 0 Å². The summed E-state index contributed by atoms with van der Waals surface area (Å²) in [6.45, 7) is 5.26. The van der Waals surface area contributed by atoms with E-state index in [9.17, 15) is 5.11 Å². The van der Waals surface area contributed by atoms with Crippen LogP contribution in [0.5, 0.6) is 0 Å². The van der Waals surface area contributed by atoms with Crippen molar-refractivity contribution in [2.24, 2.45) is 0 Å². The lowest BCUT2D eigenvalue weighted by atomic mass is 9.97. The first-order chi connectivity index (χ1) is 8.59. The van der Waals surface area contributed by atoms with Crippen molar-refractivity contribution < 1.29 is 5.11 Å². The van der Waals surface area contributed by atoms with Gasteiger partial charge in [0.25, 0.3) is 0 Å². The number of nitrogens with one attached hydrogen (secondary N) is 1. The SMILES string of the molecule is CCNC(C)(CO)CCCSc1ccc(Br)cc1. The summed E-state index contributed by atoms with van der Waals surface area (Å²) < 4.78 is 1.12. The van der Waals surface area contributed by atoms with E-state index in [1.54, 1.807) is 0 Å². The molecule has 1 aromatic carbocycles. The fourth-order valence-corrected chi connectivity index (χ4v) is 2.95. The largest absolute Gasteiger partial charge is 0.394 e. The molecule has 1 atom stereocenters. The predicted molar refractivity (Wildman–Crippen MR) is 83.3 cm³/mol. The van der Waals surface area contributed by atoms with E-state index >= 15 is 0 Å². The Morgan fingerprint density at radius 2 is 2.00 bits per heavy atom. The predicted octanol–water partition coefficient (Wildman–Crippen LogP) is 3.68. The van der Waals surface area contributed by atoms with Crippen LogP contribution in [0.25, 0.3) is 0 Å². The maximum Gasteiger partial charge on any atom is 0.0610 e. The number of aliphatic hydroxyl groups excluding tert-OH is 1. The molecule has 0 spiro atoms. The molecule has 0 bridgehead atoms. The van der Waals surface area contributed by atoms with Crippen molar-refractivity contribution >= 4 is 27.7 Å². The fourth-order valence-electron chi connectivity index (χ4n) is 1.83. The second-order valence-corrected chi connectivity index (χ2v) is 6.74. The highest BCUT2D eigenvalue weighted by molar-refractivity contribution is 9.10. The Kier molecular flexibility index (Phi) is 7.30. The Labute approximate surface area is 123 Å². The van der Waals surface area contributed by atoms with Gasteiger partial charge in [0.15, 0.2) is 0 Å². The molecular weight excluding hydrogens is 310 g/mol. The van der Waals surface area contributed by atoms with Crippen LogP contribution in [0.3, 0.4) is 0 Å². The Balaban J connectivity index is 2.27. The van der Waals surface area contributed by atoms with Crippen molar-refractivity contribution in [1.82, 2.24) is 5.32 Å². The summed E-state index contributed by atoms with van der Waals surface area (Å²) in [5, 5.41) is 12.7. The molecule has 0 radical (unpaired) electrons. The smallest absolute Gasteiger partial charge is 0.0610 e. The normalized spacial score (nSPS) is 14.4. The number of likely N-dealkylation sites (N-methyl/N-ethyl adjacent to an activating group) is 1. The molecule has 1 unspecified atom stereocenters. The highest BCUT2D eigenvalue weighted by Gasteiger charge is 2.20. The summed E-state index contributed by atoms with van der Waals surface area (Å²) in [6.07, 6.45) is 2.10. The van der Waals surface area contributed by atoms with E-state index in [1.807, 2.05) is 11.8 Å². The number of halogens is 1. The van der Waals surface area contributed by atoms with Gasteiger partial charge in [-0.05, 0) is 56.3 Å². The topological polar surface area (TPSA) is 32.3 Å². The Morgan fingerprint density at radius 3 is 2.56 bits per heavy atom. The van der Waals surface area contributed by atoms with Gasteiger partial charge in [0.05, 0.1) is 6.61 Å². The van der Waals surface area contributed by atoms with E-state index < -0.39 is 0 Å². The third-order valence-electron chi connectivity index (χ3n) is 2.91. The number of hydrogen-bond donors (Lipinski definition) is 2. The summed E-state index contributed by atoms with van der Waals surface area (Å²) in [4.78, 5) is 1.30. The number of thioether (sulfide) groups is 1. The van der Waals surface area contributed by atoms with E-state index in [0.717, 1.165) is 29.6 Å². The van der Waals surface area contributed by atoms with Crippen LogP contribution in [0, 0.1) is 0 Å². The third kappa shape index (κ3) is 5.74. The van der Waals surface area contributed by atoms with Crippen molar-refractivity contribution in [1.29, 1.82) is 0 Å². The van der Waals surface area contributed by atoms with Crippen molar-refractivity contribution in [2.45, 2.75) is 37.1 Å². The van der Waals surface area contributed by atoms with Gasteiger partial charge in [-0.3, -0.25) is 0 Å². The van der Waals surface area contributed by atoms with Crippen LogP contribution in [0.15, 0.2) is 33.6 Å². The zero-order chi connectivity index (χ0) is 13.4. The van der Waals surface area contributed by atoms with Crippen LogP contribution in [0.2, 0.25) is 0 Å². The van der Waals surface area contributed by atoms with E-state index in [2.05, 4.69) is 59.4 Å². The molecule has 1 rings (SSSR count). The molecule has 0 aromatic heterocycles. The molecule has 0 fully saturated rings. The second kappa shape index (κ2) is 8.20. The molecule has 0 heterocycles. The molecular formula is C14H22BrNOS. The van der Waals surface area contributed by atoms with Crippen LogP contribution in [0.1, 0.15) is 26.7 Å². The summed E-state index contributed by atoms with van der Waals surface area (Å²) >= 11 is 5.30. The average Bonchev–Trinajstić information content (AvgIpc) is 2.37. The number of hydrogen-bond acceptors (Lipinski definition) is 3. The second-order valence-electron chi connectivity index (χ2n) is 4.66. The molecule has 0 saturated carbocycles. The van der Waals surface area contributed by atoms with Crippen molar-refractivity contribution in [3.8, 4) is 0 Å². The molecule has 18 heavy (non-hydrogen) atoms. The zero-order valence-corrected chi connectivity index (χ0v) is 13.5. The Morgan fingerprint density at radius 1 is 1.33 bits per heavy atom. The van der Waals surface area contributed by atoms with Gasteiger partial charge in [-0.15, -0.1) is 11.8 Å². The number of rotatable bonds is 8. The number of aliphatic hydroxyl groups is 1. The highest BCUT2D eigenvalue weighted by Crippen LogP contribution is 2.23. The van der Waals surface area contributed by atoms with Gasteiger partial charge >= 0.3 is 0 Å². The molecule has 2 nitrogen and oxygen atoms in total. The van der Waals surface area contributed by atoms with Crippen molar-refractivity contribution in [3.63, 3.8) is 0 Å². The molecule has 1 aromatic rings. The van der Waals surface area contributed by atoms with Gasteiger partial charge in [0.1, 0.15) is 0 Å². The maximum atomic E-state index is 9.39. The van der Waals surface area contributed by atoms with E-state index in [4.69, 9.17) is 0 Å². The van der Waals surface area contributed by atoms with Crippen molar-refractivity contribution in [3.05, 3.63) is 28.7 Å². The van der Waals surface area contributed by atoms with E-state index in [1.165, 1.54) is 4.90 Å². The lowest BCUT2D eigenvalue weighted by Crippen LogP contribution is -2.45. The minimum atomic E-state index is -0.130. The lowest BCUT2D eigenvalue weighted by molar-refractivity contribution is 0.167. The summed E-state index contributed by atoms with van der Waals surface area (Å²) in [5.74, 6) is 1.09. The standard InChI is InChI=1S/C14H22BrNOS/c1-3-16-14(2,11-17)9-4-10-18-13-7-5-12(15)6-8-13/h5-8,16-17H,3-4,9-11H2,1-2H3. The average molecular weight is 332 g/mol. The first kappa shape index (κ1) is 16.0. The van der Waals surface area contributed by atoms with Crippen molar-refractivity contribution in [2.75, 3.05) is 18.9 Å². The summed E-state index contributed by atoms with van der Waals surface area (Å²) in [5.41, 5.74) is -0.130. The van der Waals surface area contributed by atoms with E-state index in [0.29, 0.717) is 0 Å². The minimum Gasteiger partial charge on any atom is -0.394 e. The van der Waals surface area contributed by atoms with Gasteiger partial charge in [-0.2, -0.15) is 0 Å². The molecule has 4 heteroatoms. The first-order valence-corrected chi connectivity index (χ1v) is 8.12. The molecule has 0 aliphatic rings. The lowest BCUT2D eigenvalue weighted by Gasteiger charge is -2.28. The Hall–Kier alpha value is -0.0300. The van der Waals surface area contributed by atoms with Gasteiger partial charge in [-0.1, -0.05) is 22.9 Å². The molecule has 0 amide bonds. The van der Waals surface area contributed by atoms with Gasteiger partial charge in [-0.25, -0.2) is 0 Å². The van der Waals surface area contributed by atoms with Gasteiger partial charge in [0.2, 0.25) is 0 Å². The first-order valence-electron chi connectivity index (χ1n) is 6.34. The van der Waals surface area contributed by atoms with Gasteiger partial charge < -0.3 is 10.4 Å². The van der Waals surface area contributed by atoms with E-state index in [-0.39, 0.29) is 12.1 Å². The Bertz CT molecular complexity index is 344. The number of benzene rings is 1. The van der Waals surface area contributed by atoms with Crippen LogP contribution >= 0.6 is 27.7 Å². The summed E-state index contributed by atoms with van der Waals surface area (Å²) in [7, 11) is 0. The van der Waals surface area contributed by atoms with Gasteiger partial charge in [0, 0.05) is 14.9 Å². The quantitative estimate of drug-likeness (QED) is 0.563. The molecule has 0 saturated heterocycles. The van der Waals surface area contributed by atoms with Crippen LogP contribution < -0.4 is 5.32 Å². The minimum absolute atomic E-state index is 0.130. The monoisotopic (exact) mass is 331 g/mol. The fraction of sp³-hybridized carbons (Fsp3) is 0.571. The highest BCUT2D eigenvalue weighted by atomic mass is 79.9. The maximum absolute atomic E-state index is 9.39. The van der Waals surface area contributed by atoms with Crippen LogP contribution in [-0.4, -0.2) is 29.5 Å². The zero-order valence-electron chi connectivity index (χ0n) is 11.1. The molecule has 2 N–H and O–H groups in total.